The zero-order valence-corrected chi connectivity index (χ0v) is 13.6. The van der Waals surface area contributed by atoms with Gasteiger partial charge in [-0.2, -0.15) is 0 Å². The summed E-state index contributed by atoms with van der Waals surface area (Å²) in [6, 6.07) is 18.1. The summed E-state index contributed by atoms with van der Waals surface area (Å²) in [5, 5.41) is 1.00. The van der Waals surface area contributed by atoms with Gasteiger partial charge in [0.25, 0.3) is 0 Å². The van der Waals surface area contributed by atoms with Gasteiger partial charge in [-0.3, -0.25) is 0 Å². The molecule has 20 heavy (non-hydrogen) atoms. The van der Waals surface area contributed by atoms with E-state index in [0.29, 0.717) is 6.16 Å². The number of benzene rings is 2. The zero-order chi connectivity index (χ0) is 14.0. The van der Waals surface area contributed by atoms with Crippen LogP contribution in [-0.2, 0) is 11.0 Å². The predicted octanol–water partition coefficient (Wildman–Crippen LogP) is 4.62. The second-order valence-corrected chi connectivity index (χ2v) is 9.10. The lowest BCUT2D eigenvalue weighted by molar-refractivity contribution is 0.579. The fraction of sp³-hybridized carbons (Fsp3) is 0.176. The molecule has 0 fully saturated rings. The largest absolute Gasteiger partial charge is 0.318 e. The van der Waals surface area contributed by atoms with Crippen LogP contribution in [0.25, 0.3) is 0 Å². The van der Waals surface area contributed by atoms with Crippen LogP contribution in [0.1, 0.15) is 5.56 Å². The maximum atomic E-state index is 13.4. The summed E-state index contributed by atoms with van der Waals surface area (Å²) < 4.78 is 14.5. The molecule has 1 unspecified atom stereocenters. The molecule has 1 heterocycles. The highest BCUT2D eigenvalue weighted by Crippen LogP contribution is 2.54. The van der Waals surface area contributed by atoms with E-state index in [2.05, 4.69) is 34.1 Å². The van der Waals surface area contributed by atoms with Crippen molar-refractivity contribution in [2.75, 3.05) is 6.16 Å². The molecule has 2 atom stereocenters. The lowest BCUT2D eigenvalue weighted by atomic mass is 10.1. The summed E-state index contributed by atoms with van der Waals surface area (Å²) in [5.41, 5.74) is 1.34. The average molecular weight is 347 g/mol. The summed E-state index contributed by atoms with van der Waals surface area (Å²) in [6.07, 6.45) is 5.72. The molecule has 0 spiro atoms. The van der Waals surface area contributed by atoms with Gasteiger partial charge in [-0.15, -0.1) is 0 Å². The van der Waals surface area contributed by atoms with Crippen LogP contribution in [0.5, 0.6) is 0 Å². The summed E-state index contributed by atoms with van der Waals surface area (Å²) in [7, 11) is -2.35. The predicted molar refractivity (Wildman–Crippen MR) is 89.3 cm³/mol. The van der Waals surface area contributed by atoms with Gasteiger partial charge in [0.2, 0.25) is 0 Å². The Morgan fingerprint density at radius 1 is 1.05 bits per heavy atom. The van der Waals surface area contributed by atoms with Crippen molar-refractivity contribution < 1.29 is 4.57 Å². The van der Waals surface area contributed by atoms with Gasteiger partial charge in [0.1, 0.15) is 7.14 Å². The summed E-state index contributed by atoms with van der Waals surface area (Å²) >= 11 is 3.58. The second-order valence-electron chi connectivity index (χ2n) is 5.10. The Hall–Kier alpha value is -1.11. The van der Waals surface area contributed by atoms with Gasteiger partial charge < -0.3 is 4.57 Å². The van der Waals surface area contributed by atoms with Gasteiger partial charge >= 0.3 is 0 Å². The second kappa shape index (κ2) is 5.71. The molecule has 1 nitrogen and oxygen atoms in total. The van der Waals surface area contributed by atoms with Crippen LogP contribution in [0.15, 0.2) is 71.2 Å². The molecule has 0 radical (unpaired) electrons. The van der Waals surface area contributed by atoms with Crippen molar-refractivity contribution in [3.05, 3.63) is 76.8 Å². The molecule has 0 amide bonds. The van der Waals surface area contributed by atoms with Crippen molar-refractivity contribution in [3.63, 3.8) is 0 Å². The van der Waals surface area contributed by atoms with E-state index in [1.54, 1.807) is 0 Å². The van der Waals surface area contributed by atoms with Crippen molar-refractivity contribution in [1.29, 1.82) is 0 Å². The normalized spacial score (nSPS) is 24.9. The van der Waals surface area contributed by atoms with Crippen LogP contribution in [0.2, 0.25) is 0 Å². The highest BCUT2D eigenvalue weighted by atomic mass is 79.9. The van der Waals surface area contributed by atoms with E-state index in [1.165, 1.54) is 5.56 Å². The Morgan fingerprint density at radius 2 is 1.75 bits per heavy atom. The molecule has 0 aromatic heterocycles. The van der Waals surface area contributed by atoms with Crippen molar-refractivity contribution in [2.24, 2.45) is 0 Å². The van der Waals surface area contributed by atoms with Gasteiger partial charge in [-0.05, 0) is 18.1 Å². The molecule has 2 aromatic carbocycles. The number of allylic oxidation sites excluding steroid dienone is 2. The topological polar surface area (TPSA) is 17.1 Å². The quantitative estimate of drug-likeness (QED) is 0.585. The molecule has 1 aliphatic rings. The van der Waals surface area contributed by atoms with Crippen molar-refractivity contribution in [3.8, 4) is 0 Å². The summed E-state index contributed by atoms with van der Waals surface area (Å²) in [6.45, 7) is 0. The van der Waals surface area contributed by atoms with Crippen LogP contribution in [0, 0.1) is 0 Å². The fourth-order valence-corrected chi connectivity index (χ4v) is 6.05. The first-order valence-electron chi connectivity index (χ1n) is 6.74. The Kier molecular flexibility index (Phi) is 3.96. The van der Waals surface area contributed by atoms with Crippen molar-refractivity contribution in [1.82, 2.24) is 0 Å². The van der Waals surface area contributed by atoms with Gasteiger partial charge in [-0.1, -0.05) is 76.6 Å². The molecule has 0 bridgehead atoms. The molecule has 3 rings (SSSR count). The molecule has 1 aliphatic heterocycles. The molecule has 0 saturated carbocycles. The van der Waals surface area contributed by atoms with E-state index in [-0.39, 0.29) is 5.66 Å². The molecular formula is C17H16BrOP. The molecular weight excluding hydrogens is 331 g/mol. The highest BCUT2D eigenvalue weighted by Gasteiger charge is 2.35. The molecule has 0 aliphatic carbocycles. The van der Waals surface area contributed by atoms with Gasteiger partial charge in [0.15, 0.2) is 0 Å². The summed E-state index contributed by atoms with van der Waals surface area (Å²) in [4.78, 5) is 0. The first kappa shape index (κ1) is 13.9. The third kappa shape index (κ3) is 2.55. The minimum Gasteiger partial charge on any atom is -0.318 e. The van der Waals surface area contributed by atoms with E-state index in [4.69, 9.17) is 0 Å². The van der Waals surface area contributed by atoms with Crippen LogP contribution >= 0.6 is 23.1 Å². The van der Waals surface area contributed by atoms with Crippen molar-refractivity contribution >= 4 is 28.4 Å². The van der Waals surface area contributed by atoms with E-state index in [0.717, 1.165) is 16.2 Å². The van der Waals surface area contributed by atoms with E-state index in [1.807, 2.05) is 48.5 Å². The Balaban J connectivity index is 1.92. The first-order chi connectivity index (χ1) is 9.70. The van der Waals surface area contributed by atoms with Crippen LogP contribution in [0.3, 0.4) is 0 Å². The smallest absolute Gasteiger partial charge is 0.126 e. The lowest BCUT2D eigenvalue weighted by Crippen LogP contribution is -2.16. The zero-order valence-electron chi connectivity index (χ0n) is 11.1. The third-order valence-corrected chi connectivity index (χ3v) is 7.98. The standard InChI is InChI=1S/C17H16BrOP/c18-17-11-5-4-7-14(17)13-16-10-6-12-20(16,19)15-8-2-1-3-9-15/h1-11,16H,12-13H2/t16-,20?/m0/s1. The van der Waals surface area contributed by atoms with Crippen LogP contribution < -0.4 is 5.30 Å². The Labute approximate surface area is 128 Å². The number of hydrogen-bond acceptors (Lipinski definition) is 1. The SMILES string of the molecule is O=P1(c2ccccc2)CC=C[C@H]1Cc1ccccc1Br. The molecule has 0 N–H and O–H groups in total. The molecule has 102 valence electrons. The number of hydrogen-bond donors (Lipinski definition) is 0. The van der Waals surface area contributed by atoms with E-state index < -0.39 is 7.14 Å². The average Bonchev–Trinajstić information content (AvgIpc) is 2.85. The first-order valence-corrected chi connectivity index (χ1v) is 9.50. The van der Waals surface area contributed by atoms with E-state index >= 15 is 0 Å². The third-order valence-electron chi connectivity index (χ3n) is 3.85. The van der Waals surface area contributed by atoms with Gasteiger partial charge in [0.05, 0.1) is 0 Å². The maximum absolute atomic E-state index is 13.4. The van der Waals surface area contributed by atoms with Crippen LogP contribution in [0.4, 0.5) is 0 Å². The van der Waals surface area contributed by atoms with Crippen LogP contribution in [-0.4, -0.2) is 11.8 Å². The molecule has 0 saturated heterocycles. The minimum atomic E-state index is -2.35. The Bertz CT molecular complexity index is 678. The number of halogens is 1. The van der Waals surface area contributed by atoms with Crippen molar-refractivity contribution in [2.45, 2.75) is 12.1 Å². The monoisotopic (exact) mass is 346 g/mol. The maximum Gasteiger partial charge on any atom is 0.126 e. The summed E-state index contributed by atoms with van der Waals surface area (Å²) in [5.74, 6) is 0. The Morgan fingerprint density at radius 3 is 2.50 bits per heavy atom. The minimum absolute atomic E-state index is 0.114. The molecule has 2 aromatic rings. The highest BCUT2D eigenvalue weighted by molar-refractivity contribution is 9.10. The van der Waals surface area contributed by atoms with Gasteiger partial charge in [-0.25, -0.2) is 0 Å². The van der Waals surface area contributed by atoms with Gasteiger partial charge in [0, 0.05) is 21.6 Å². The molecule has 3 heteroatoms. The fourth-order valence-electron chi connectivity index (χ4n) is 2.73. The van der Waals surface area contributed by atoms with E-state index in [9.17, 15) is 4.57 Å². The lowest BCUT2D eigenvalue weighted by Gasteiger charge is -2.21. The number of rotatable bonds is 3.